The van der Waals surface area contributed by atoms with E-state index in [2.05, 4.69) is 71.4 Å². The lowest BCUT2D eigenvalue weighted by atomic mass is 10.1. The largest absolute Gasteiger partial charge is 0.384 e. The standard InChI is InChI=1S/C19H16ClN3O3.C16H16ClN3O3.C16H15N5O3S.C16H14N4O3S.C14H15N3O3/c1-11-3-5-14(6-4-11)18(21)23-26-19(24)16-12(2)22-25-17(16)13-7-9-15(20)10-8-13;1-10-14(16(21)23-19-13-8-4-5-9-18-13)15(20-22-10)11-6-2-3-7-12(11)17;1-9-15(10(2)23-19-9)16(22)24-20-14(17)7-11-3-5-12(6-4-11)13-8-25-21-18-13;1-9-14(10(2)22-19-9)16(21)23-20-15(17)12-5-3-11(4-6-12)13-7-24-8-18-13;1-8-5-4-6-11(7-8)13(15)17-20-14(18)12-9(2)16-19-10(12)3/h3-10H,1-2H3,(H2,21,23);2-3,6-7H,4-5,8-9H2,1H3,(H,18,19);3-6,8H,7H2,1-2H3,(H2,17,20);3-8H,1-2H3,(H2,17,20);4-7H,1-3H3,(H2,15,17). The summed E-state index contributed by atoms with van der Waals surface area (Å²) in [7, 11) is 0. The molecule has 8 heterocycles. The fraction of sp³-hybridized carbons (Fsp3) is 0.185. The van der Waals surface area contributed by atoms with Crippen LogP contribution in [0.2, 0.25) is 10.0 Å². The van der Waals surface area contributed by atoms with Crippen molar-refractivity contribution >= 4 is 105 Å². The number of aryl methyl sites for hydroxylation is 10. The molecule has 0 spiro atoms. The quantitative estimate of drug-likeness (QED) is 0.0230. The number of rotatable bonds is 18. The van der Waals surface area contributed by atoms with Crippen LogP contribution in [0.3, 0.4) is 0 Å². The number of hydroxylamine groups is 1. The Bertz CT molecular complexity index is 5760. The van der Waals surface area contributed by atoms with E-state index in [4.69, 9.17) is 92.9 Å². The highest BCUT2D eigenvalue weighted by Gasteiger charge is 2.28. The molecule has 1 aliphatic rings. The van der Waals surface area contributed by atoms with Crippen molar-refractivity contribution in [2.45, 2.75) is 94.9 Å². The van der Waals surface area contributed by atoms with Crippen molar-refractivity contribution in [1.82, 2.24) is 45.8 Å². The molecule has 9 N–H and O–H groups in total. The highest BCUT2D eigenvalue weighted by atomic mass is 35.5. The number of hydrogen-bond donors (Lipinski definition) is 5. The van der Waals surface area contributed by atoms with E-state index in [9.17, 15) is 24.0 Å². The Balaban J connectivity index is 0.000000156. The molecule has 6 aromatic carbocycles. The number of carbonyl (C=O) groups excluding carboxylic acids is 5. The Morgan fingerprint density at radius 2 is 0.983 bits per heavy atom. The summed E-state index contributed by atoms with van der Waals surface area (Å²) in [5.41, 5.74) is 41.0. The lowest BCUT2D eigenvalue weighted by molar-refractivity contribution is 0.0378. The van der Waals surface area contributed by atoms with Gasteiger partial charge in [0, 0.05) is 74.1 Å². The Morgan fingerprint density at radius 3 is 1.50 bits per heavy atom. The number of thiazole rings is 1. The van der Waals surface area contributed by atoms with Gasteiger partial charge in [-0.2, -0.15) is 0 Å². The minimum atomic E-state index is -0.705. The molecule has 0 bridgehead atoms. The number of nitrogens with zero attached hydrogens (tertiary/aromatic N) is 13. The number of aromatic nitrogens is 8. The third kappa shape index (κ3) is 23.3. The van der Waals surface area contributed by atoms with Gasteiger partial charge in [-0.3, -0.25) is 4.99 Å². The first-order valence-corrected chi connectivity index (χ1v) is 38.1. The molecule has 0 saturated carbocycles. The Labute approximate surface area is 691 Å². The highest BCUT2D eigenvalue weighted by molar-refractivity contribution is 7.07. The summed E-state index contributed by atoms with van der Waals surface area (Å²) >= 11 is 14.9. The van der Waals surface area contributed by atoms with E-state index in [0.29, 0.717) is 102 Å². The number of hydrogen-bond acceptors (Lipinski definition) is 31. The van der Waals surface area contributed by atoms with Crippen molar-refractivity contribution in [2.24, 2.45) is 48.5 Å². The van der Waals surface area contributed by atoms with Crippen molar-refractivity contribution in [1.29, 1.82) is 0 Å². The summed E-state index contributed by atoms with van der Waals surface area (Å²) in [4.78, 5) is 93.9. The maximum absolute atomic E-state index is 12.5. The van der Waals surface area contributed by atoms with Crippen LogP contribution in [0, 0.1) is 69.2 Å². The molecule has 13 aromatic rings. The van der Waals surface area contributed by atoms with Crippen LogP contribution in [0.1, 0.15) is 150 Å². The van der Waals surface area contributed by atoms with E-state index in [1.165, 1.54) is 22.9 Å². The summed E-state index contributed by atoms with van der Waals surface area (Å²) in [5, 5.41) is 42.5. The number of oxime groups is 4. The van der Waals surface area contributed by atoms with Crippen LogP contribution >= 0.6 is 46.1 Å². The molecular weight excluding hydrogens is 1600 g/mol. The van der Waals surface area contributed by atoms with Gasteiger partial charge in [-0.25, -0.2) is 34.4 Å². The van der Waals surface area contributed by atoms with E-state index < -0.39 is 29.8 Å². The van der Waals surface area contributed by atoms with E-state index in [1.807, 2.05) is 97.4 Å². The van der Waals surface area contributed by atoms with Crippen LogP contribution in [-0.2, 0) is 30.6 Å². The van der Waals surface area contributed by atoms with Crippen molar-refractivity contribution in [3.05, 3.63) is 279 Å². The summed E-state index contributed by atoms with van der Waals surface area (Å²) in [6.45, 7) is 17.8. The fourth-order valence-electron chi connectivity index (χ4n) is 10.9. The second kappa shape index (κ2) is 41.2. The predicted octanol–water partition coefficient (Wildman–Crippen LogP) is 15.1. The van der Waals surface area contributed by atoms with Crippen LogP contribution in [0.25, 0.3) is 45.1 Å². The maximum atomic E-state index is 12.5. The predicted molar refractivity (Wildman–Crippen MR) is 440 cm³/mol. The molecule has 1 aliphatic heterocycles. The Hall–Kier alpha value is -14.2. The summed E-state index contributed by atoms with van der Waals surface area (Å²) < 4.78 is 29.0. The van der Waals surface area contributed by atoms with Gasteiger partial charge in [-0.05, 0) is 136 Å². The van der Waals surface area contributed by atoms with Gasteiger partial charge in [0.15, 0.2) is 23.3 Å². The van der Waals surface area contributed by atoms with Gasteiger partial charge in [0.05, 0.1) is 39.0 Å². The first-order valence-electron chi connectivity index (χ1n) is 35.6. The van der Waals surface area contributed by atoms with Gasteiger partial charge < -0.3 is 69.7 Å². The molecule has 14 rings (SSSR count). The lowest BCUT2D eigenvalue weighted by Gasteiger charge is -2.13. The molecule has 0 saturated heterocycles. The summed E-state index contributed by atoms with van der Waals surface area (Å²) in [6.07, 6.45) is 3.21. The Kier molecular flexibility index (Phi) is 30.1. The average molecular weight is 1680 g/mol. The number of benzene rings is 6. The third-order valence-corrected chi connectivity index (χ3v) is 18.6. The highest BCUT2D eigenvalue weighted by Crippen LogP contribution is 2.33. The molecule has 0 amide bonds. The van der Waals surface area contributed by atoms with Gasteiger partial charge in [0.1, 0.15) is 73.9 Å². The first-order chi connectivity index (χ1) is 56.7. The molecule has 0 unspecified atom stereocenters. The minimum Gasteiger partial charge on any atom is -0.384 e. The van der Waals surface area contributed by atoms with Gasteiger partial charge in [-0.1, -0.05) is 194 Å². The molecule has 37 heteroatoms. The van der Waals surface area contributed by atoms with Crippen LogP contribution in [0.4, 0.5) is 0 Å². The van der Waals surface area contributed by atoms with Crippen molar-refractivity contribution in [3.63, 3.8) is 0 Å². The number of halogens is 2. The molecule has 33 nitrogen and oxygen atoms in total. The van der Waals surface area contributed by atoms with Crippen molar-refractivity contribution in [2.75, 3.05) is 6.54 Å². The average Bonchev–Trinajstić information content (AvgIpc) is 1.65. The number of nitrogens with one attached hydrogen (secondary N) is 1. The summed E-state index contributed by atoms with van der Waals surface area (Å²) in [5.74, 6) is -0.244. The SMILES string of the molecule is Cc1ccc(/C(N)=N/OC(=O)c2c(C)noc2-c2ccc(Cl)cc2)cc1.Cc1cccc(/C(N)=N/OC(=O)c2c(C)noc2C)c1.Cc1noc(C)c1C(=O)O/N=C(\N)Cc1ccc(-c2csnn2)cc1.Cc1noc(C)c1C(=O)O/N=C(\N)c1ccc(-c2cscn2)cc1.Cc1onc(-c2ccccc2Cl)c1C(=O)ONC1=NCCCC1. The van der Waals surface area contributed by atoms with E-state index >= 15 is 0 Å². The zero-order valence-corrected chi connectivity index (χ0v) is 68.1. The zero-order valence-electron chi connectivity index (χ0n) is 64.9. The van der Waals surface area contributed by atoms with Crippen molar-refractivity contribution < 1.29 is 70.8 Å². The van der Waals surface area contributed by atoms with Gasteiger partial charge >= 0.3 is 29.8 Å². The third-order valence-electron chi connectivity index (χ3n) is 17.0. The number of nitrogens with two attached hydrogens (primary N) is 4. The number of aliphatic imine (C=N–C) groups is 1. The lowest BCUT2D eigenvalue weighted by Crippen LogP contribution is -2.29. The van der Waals surface area contributed by atoms with E-state index in [-0.39, 0.29) is 56.9 Å². The zero-order chi connectivity index (χ0) is 84.5. The van der Waals surface area contributed by atoms with Crippen molar-refractivity contribution in [3.8, 4) is 45.1 Å². The van der Waals surface area contributed by atoms with E-state index in [1.54, 1.807) is 134 Å². The minimum absolute atomic E-state index is 0.0972. The monoisotopic (exact) mass is 1670 g/mol. The van der Waals surface area contributed by atoms with Gasteiger partial charge in [0.2, 0.25) is 0 Å². The number of carbonyl (C=O) groups is 5. The normalized spacial score (nSPS) is 12.0. The maximum Gasteiger partial charge on any atom is 0.371 e. The molecule has 0 fully saturated rings. The topological polar surface area (TPSA) is 478 Å². The molecule has 0 aliphatic carbocycles. The number of amidine groups is 5. The van der Waals surface area contributed by atoms with E-state index in [0.717, 1.165) is 65.0 Å². The smallest absolute Gasteiger partial charge is 0.371 e. The molecule has 0 atom stereocenters. The molecular formula is C81H76Cl2N18O15S2. The van der Waals surface area contributed by atoms with Crippen LogP contribution in [0.15, 0.2) is 210 Å². The molecule has 7 aromatic heterocycles. The second-order valence-electron chi connectivity index (χ2n) is 25.7. The van der Waals surface area contributed by atoms with Crippen LogP contribution in [-0.4, -0.2) is 106 Å². The fourth-order valence-corrected chi connectivity index (χ4v) is 12.2. The molecule has 0 radical (unpaired) electrons. The molecule has 118 heavy (non-hydrogen) atoms. The summed E-state index contributed by atoms with van der Waals surface area (Å²) in [6, 6.07) is 43.8. The second-order valence-corrected chi connectivity index (χ2v) is 27.8. The van der Waals surface area contributed by atoms with Gasteiger partial charge in [0.25, 0.3) is 0 Å². The Morgan fingerprint density at radius 1 is 0.483 bits per heavy atom. The van der Waals surface area contributed by atoms with Crippen LogP contribution < -0.4 is 28.4 Å². The molecule has 606 valence electrons. The van der Waals surface area contributed by atoms with Gasteiger partial charge in [-0.15, -0.1) is 16.4 Å². The first kappa shape index (κ1) is 86.3. The van der Waals surface area contributed by atoms with Crippen LogP contribution in [0.5, 0.6) is 0 Å².